The summed E-state index contributed by atoms with van der Waals surface area (Å²) < 4.78 is 35.7. The predicted octanol–water partition coefficient (Wildman–Crippen LogP) is 16.6. The minimum absolute atomic E-state index is 0.0999. The van der Waals surface area contributed by atoms with Crippen molar-refractivity contribution in [2.75, 3.05) is 92.3 Å². The van der Waals surface area contributed by atoms with Crippen molar-refractivity contribution < 1.29 is 28.4 Å². The average Bonchev–Trinajstić information content (AvgIpc) is 3.31. The Morgan fingerprint density at radius 2 is 0.662 bits per heavy atom. The quantitative estimate of drug-likeness (QED) is 0.0445. The van der Waals surface area contributed by atoms with E-state index in [0.29, 0.717) is 52.9 Å². The van der Waals surface area contributed by atoms with Gasteiger partial charge in [0.15, 0.2) is 0 Å². The molecule has 0 N–H and O–H groups in total. The molecule has 0 amide bonds. The van der Waals surface area contributed by atoms with Gasteiger partial charge >= 0.3 is 0 Å². The molecule has 0 rings (SSSR count). The second-order valence-electron chi connectivity index (χ2n) is 18.9. The Morgan fingerprint density at radius 3 is 1.09 bits per heavy atom. The normalized spacial score (nSPS) is 12.6. The van der Waals surface area contributed by atoms with E-state index in [1.54, 1.807) is 0 Å². The summed E-state index contributed by atoms with van der Waals surface area (Å²) in [5, 5.41) is 0. The Balaban J connectivity index is 4.71. The van der Waals surface area contributed by atoms with Crippen LogP contribution in [0.3, 0.4) is 0 Å². The number of unbranched alkanes of at least 4 members (excludes halogenated alkanes) is 30. The fourth-order valence-electron chi connectivity index (χ4n) is 8.29. The van der Waals surface area contributed by atoms with Gasteiger partial charge in [-0.3, -0.25) is 4.90 Å². The van der Waals surface area contributed by atoms with Crippen LogP contribution in [0.15, 0.2) is 24.3 Å². The first-order valence-electron chi connectivity index (χ1n) is 28.8. The zero-order chi connectivity index (χ0) is 46.9. The van der Waals surface area contributed by atoms with Crippen molar-refractivity contribution >= 4 is 0 Å². The molecule has 0 aromatic rings. The molecule has 1 unspecified atom stereocenters. The first kappa shape index (κ1) is 64.2. The number of allylic oxidation sites excluding steroid dienone is 4. The number of hydrogen-bond donors (Lipinski definition) is 0. The lowest BCUT2D eigenvalue weighted by molar-refractivity contribution is -0.0392. The molecular weight excluding hydrogens is 807 g/mol. The SMILES string of the molecule is CCCCCCCC/C=C\CCCCCCCCOCC(CN(CCCCCCCCC)CCOCCOCCOCCOCC)OCCCCCCCC/C=C\CCCCCCCC. The van der Waals surface area contributed by atoms with Gasteiger partial charge in [0.25, 0.3) is 0 Å². The van der Waals surface area contributed by atoms with Gasteiger partial charge < -0.3 is 28.4 Å². The largest absolute Gasteiger partial charge is 0.379 e. The minimum atomic E-state index is 0.0999. The van der Waals surface area contributed by atoms with Crippen molar-refractivity contribution in [1.29, 1.82) is 0 Å². The van der Waals surface area contributed by atoms with Crippen molar-refractivity contribution in [3.05, 3.63) is 24.3 Å². The average molecular weight is 923 g/mol. The highest BCUT2D eigenvalue weighted by molar-refractivity contribution is 4.82. The molecule has 0 aliphatic rings. The molecule has 0 fully saturated rings. The first-order chi connectivity index (χ1) is 32.3. The van der Waals surface area contributed by atoms with Crippen LogP contribution in [0.2, 0.25) is 0 Å². The van der Waals surface area contributed by atoms with Crippen molar-refractivity contribution in [3.8, 4) is 0 Å². The Bertz CT molecular complexity index is 901. The minimum Gasteiger partial charge on any atom is -0.379 e. The van der Waals surface area contributed by atoms with Crippen molar-refractivity contribution in [2.45, 2.75) is 259 Å². The number of nitrogens with zero attached hydrogens (tertiary/aromatic N) is 1. The van der Waals surface area contributed by atoms with Crippen molar-refractivity contribution in [3.63, 3.8) is 0 Å². The van der Waals surface area contributed by atoms with E-state index in [1.807, 2.05) is 6.92 Å². The van der Waals surface area contributed by atoms with E-state index in [0.717, 1.165) is 52.3 Å². The molecule has 388 valence electrons. The van der Waals surface area contributed by atoms with Crippen molar-refractivity contribution in [2.24, 2.45) is 0 Å². The lowest BCUT2D eigenvalue weighted by atomic mass is 10.1. The number of hydrogen-bond acceptors (Lipinski definition) is 7. The maximum absolute atomic E-state index is 6.65. The molecule has 0 spiro atoms. The van der Waals surface area contributed by atoms with Gasteiger partial charge in [0, 0.05) is 32.9 Å². The highest BCUT2D eigenvalue weighted by atomic mass is 16.6. The monoisotopic (exact) mass is 922 g/mol. The van der Waals surface area contributed by atoms with Crippen LogP contribution in [-0.2, 0) is 28.4 Å². The number of rotatable bonds is 58. The van der Waals surface area contributed by atoms with Crippen LogP contribution in [-0.4, -0.2) is 103 Å². The van der Waals surface area contributed by atoms with Gasteiger partial charge in [-0.15, -0.1) is 0 Å². The lowest BCUT2D eigenvalue weighted by Crippen LogP contribution is -2.39. The van der Waals surface area contributed by atoms with Crippen LogP contribution in [0, 0.1) is 0 Å². The molecule has 0 bridgehead atoms. The second kappa shape index (κ2) is 59.3. The molecule has 0 heterocycles. The third-order valence-corrected chi connectivity index (χ3v) is 12.5. The maximum atomic E-state index is 6.65. The van der Waals surface area contributed by atoms with Gasteiger partial charge in [0.05, 0.1) is 59.0 Å². The summed E-state index contributed by atoms with van der Waals surface area (Å²) >= 11 is 0. The zero-order valence-corrected chi connectivity index (χ0v) is 44.4. The summed E-state index contributed by atoms with van der Waals surface area (Å²) in [4.78, 5) is 2.58. The summed E-state index contributed by atoms with van der Waals surface area (Å²) in [6.45, 7) is 19.3. The van der Waals surface area contributed by atoms with Crippen LogP contribution in [0.4, 0.5) is 0 Å². The van der Waals surface area contributed by atoms with Gasteiger partial charge in [-0.1, -0.05) is 199 Å². The third-order valence-electron chi connectivity index (χ3n) is 12.5. The van der Waals surface area contributed by atoms with Crippen LogP contribution in [0.25, 0.3) is 0 Å². The fourth-order valence-corrected chi connectivity index (χ4v) is 8.29. The highest BCUT2D eigenvalue weighted by Crippen LogP contribution is 2.14. The molecule has 0 aromatic heterocycles. The molecule has 7 heteroatoms. The Kier molecular flexibility index (Phi) is 58.6. The molecule has 0 aliphatic heterocycles. The van der Waals surface area contributed by atoms with Gasteiger partial charge in [-0.25, -0.2) is 0 Å². The van der Waals surface area contributed by atoms with Crippen LogP contribution in [0.1, 0.15) is 252 Å². The zero-order valence-electron chi connectivity index (χ0n) is 44.4. The second-order valence-corrected chi connectivity index (χ2v) is 18.9. The molecule has 0 radical (unpaired) electrons. The standard InChI is InChI=1S/C58H115NO6/c1-5-9-12-15-18-20-22-24-26-28-30-32-34-37-40-43-47-64-57-58(65-48-44-41-38-35-33-31-29-27-25-23-21-19-16-13-10-6-2)56-59(45-42-39-36-17-14-11-7-3)46-49-61-52-53-63-55-54-62-51-50-60-8-4/h24-27,58H,5-23,28-57H2,1-4H3/b26-24-,27-25-. The summed E-state index contributed by atoms with van der Waals surface area (Å²) in [5.74, 6) is 0. The molecule has 0 saturated carbocycles. The molecular formula is C58H115NO6. The van der Waals surface area contributed by atoms with Gasteiger partial charge in [0.1, 0.15) is 0 Å². The van der Waals surface area contributed by atoms with E-state index in [9.17, 15) is 0 Å². The van der Waals surface area contributed by atoms with Gasteiger partial charge in [0.2, 0.25) is 0 Å². The summed E-state index contributed by atoms with van der Waals surface area (Å²) in [5.41, 5.74) is 0. The molecule has 7 nitrogen and oxygen atoms in total. The summed E-state index contributed by atoms with van der Waals surface area (Å²) in [7, 11) is 0. The van der Waals surface area contributed by atoms with E-state index in [1.165, 1.54) is 212 Å². The summed E-state index contributed by atoms with van der Waals surface area (Å²) in [6.07, 6.45) is 56.3. The van der Waals surface area contributed by atoms with Gasteiger partial charge in [-0.05, 0) is 84.1 Å². The van der Waals surface area contributed by atoms with E-state index in [-0.39, 0.29) is 6.10 Å². The molecule has 0 aromatic carbocycles. The Labute approximate surface area is 407 Å². The Morgan fingerprint density at radius 1 is 0.308 bits per heavy atom. The van der Waals surface area contributed by atoms with Crippen molar-refractivity contribution in [1.82, 2.24) is 4.90 Å². The summed E-state index contributed by atoms with van der Waals surface area (Å²) in [6, 6.07) is 0. The topological polar surface area (TPSA) is 58.6 Å². The van der Waals surface area contributed by atoms with Crippen LogP contribution < -0.4 is 0 Å². The predicted molar refractivity (Wildman–Crippen MR) is 283 cm³/mol. The molecule has 65 heavy (non-hydrogen) atoms. The number of ether oxygens (including phenoxy) is 6. The molecule has 1 atom stereocenters. The Hall–Kier alpha value is -0.800. The fraction of sp³-hybridized carbons (Fsp3) is 0.931. The van der Waals surface area contributed by atoms with Crippen LogP contribution in [0.5, 0.6) is 0 Å². The maximum Gasteiger partial charge on any atom is 0.0934 e. The van der Waals surface area contributed by atoms with E-state index in [4.69, 9.17) is 28.4 Å². The molecule has 0 aliphatic carbocycles. The molecule has 0 saturated heterocycles. The van der Waals surface area contributed by atoms with Gasteiger partial charge in [-0.2, -0.15) is 0 Å². The van der Waals surface area contributed by atoms with E-state index < -0.39 is 0 Å². The lowest BCUT2D eigenvalue weighted by Gasteiger charge is -2.28. The highest BCUT2D eigenvalue weighted by Gasteiger charge is 2.16. The van der Waals surface area contributed by atoms with Crippen LogP contribution >= 0.6 is 0 Å². The van der Waals surface area contributed by atoms with E-state index >= 15 is 0 Å². The smallest absolute Gasteiger partial charge is 0.0934 e. The van der Waals surface area contributed by atoms with E-state index in [2.05, 4.69) is 50.0 Å². The third kappa shape index (κ3) is 55.7. The first-order valence-corrected chi connectivity index (χ1v) is 28.8.